The second-order valence-corrected chi connectivity index (χ2v) is 6.72. The van der Waals surface area contributed by atoms with Gasteiger partial charge in [0.2, 0.25) is 0 Å². The summed E-state index contributed by atoms with van der Waals surface area (Å²) in [5, 5.41) is 0.779. The Bertz CT molecular complexity index is 943. The van der Waals surface area contributed by atoms with E-state index in [4.69, 9.17) is 16.0 Å². The smallest absolute Gasteiger partial charge is 0.254 e. The summed E-state index contributed by atoms with van der Waals surface area (Å²) in [6, 6.07) is 9.51. The molecule has 1 aromatic carbocycles. The van der Waals surface area contributed by atoms with E-state index in [1.807, 2.05) is 12.1 Å². The van der Waals surface area contributed by atoms with E-state index in [2.05, 4.69) is 27.9 Å². The molecule has 0 amide bonds. The van der Waals surface area contributed by atoms with Crippen LogP contribution in [0.1, 0.15) is 22.4 Å². The molecule has 0 spiro atoms. The Labute approximate surface area is 150 Å². The lowest BCUT2D eigenvalue weighted by atomic mass is 10.0. The number of nitrogens with zero attached hydrogens (tertiary/aromatic N) is 2. The molecule has 1 aliphatic rings. The minimum Gasteiger partial charge on any atom is -0.461 e. The van der Waals surface area contributed by atoms with Crippen LogP contribution in [-0.2, 0) is 19.5 Å². The number of rotatable bonds is 3. The third kappa shape index (κ3) is 3.13. The van der Waals surface area contributed by atoms with Gasteiger partial charge in [-0.05, 0) is 42.7 Å². The number of aryl methyl sites for hydroxylation is 1. The molecule has 2 aromatic heterocycles. The molecule has 25 heavy (non-hydrogen) atoms. The molecule has 3 heterocycles. The molecule has 0 aliphatic carbocycles. The van der Waals surface area contributed by atoms with E-state index in [0.29, 0.717) is 24.6 Å². The second-order valence-electron chi connectivity index (χ2n) is 6.31. The molecule has 0 saturated heterocycles. The lowest BCUT2D eigenvalue weighted by Gasteiger charge is -2.28. The highest BCUT2D eigenvalue weighted by molar-refractivity contribution is 6.31. The molecule has 6 heteroatoms. The predicted octanol–water partition coefficient (Wildman–Crippen LogP) is 3.55. The fourth-order valence-electron chi connectivity index (χ4n) is 3.25. The maximum atomic E-state index is 12.4. The van der Waals surface area contributed by atoms with Crippen molar-refractivity contribution >= 4 is 11.6 Å². The molecule has 0 saturated carbocycles. The lowest BCUT2D eigenvalue weighted by molar-refractivity contribution is 0.240. The molecule has 0 radical (unpaired) electrons. The topological polar surface area (TPSA) is 62.1 Å². The first-order valence-electron chi connectivity index (χ1n) is 8.24. The van der Waals surface area contributed by atoms with Crippen molar-refractivity contribution in [1.29, 1.82) is 0 Å². The zero-order valence-corrected chi connectivity index (χ0v) is 14.6. The van der Waals surface area contributed by atoms with Crippen molar-refractivity contribution in [3.05, 3.63) is 74.4 Å². The van der Waals surface area contributed by atoms with Gasteiger partial charge in [-0.15, -0.1) is 0 Å². The van der Waals surface area contributed by atoms with E-state index in [1.54, 1.807) is 18.4 Å². The number of hydrogen-bond acceptors (Lipinski definition) is 4. The summed E-state index contributed by atoms with van der Waals surface area (Å²) in [5.41, 5.74) is 3.80. The summed E-state index contributed by atoms with van der Waals surface area (Å²) >= 11 is 6.36. The Morgan fingerprint density at radius 3 is 2.96 bits per heavy atom. The number of aromatic nitrogens is 2. The number of halogens is 1. The quantitative estimate of drug-likeness (QED) is 0.780. The first kappa shape index (κ1) is 16.1. The highest BCUT2D eigenvalue weighted by Gasteiger charge is 2.22. The minimum atomic E-state index is -0.0787. The Kier molecular flexibility index (Phi) is 4.19. The van der Waals surface area contributed by atoms with Crippen molar-refractivity contribution in [3.8, 4) is 11.6 Å². The normalized spacial score (nSPS) is 14.5. The van der Waals surface area contributed by atoms with Gasteiger partial charge in [-0.2, -0.15) is 0 Å². The molecule has 1 aliphatic heterocycles. The van der Waals surface area contributed by atoms with Gasteiger partial charge < -0.3 is 9.40 Å². The van der Waals surface area contributed by atoms with Crippen LogP contribution < -0.4 is 5.56 Å². The van der Waals surface area contributed by atoms with Gasteiger partial charge in [-0.1, -0.05) is 23.7 Å². The molecular formula is C19H18ClN3O2. The van der Waals surface area contributed by atoms with E-state index in [1.165, 1.54) is 5.56 Å². The zero-order chi connectivity index (χ0) is 17.4. The number of aromatic amines is 1. The summed E-state index contributed by atoms with van der Waals surface area (Å²) in [7, 11) is 0. The highest BCUT2D eigenvalue weighted by atomic mass is 35.5. The molecule has 0 fully saturated rings. The summed E-state index contributed by atoms with van der Waals surface area (Å²) in [6.07, 6.45) is 2.25. The largest absolute Gasteiger partial charge is 0.461 e. The van der Waals surface area contributed by atoms with Crippen LogP contribution >= 0.6 is 11.6 Å². The van der Waals surface area contributed by atoms with Crippen LogP contribution in [0.3, 0.4) is 0 Å². The van der Waals surface area contributed by atoms with Crippen LogP contribution in [0, 0.1) is 6.92 Å². The van der Waals surface area contributed by atoms with E-state index in [9.17, 15) is 4.79 Å². The first-order valence-corrected chi connectivity index (χ1v) is 8.62. The van der Waals surface area contributed by atoms with Crippen LogP contribution in [0.15, 0.2) is 45.8 Å². The van der Waals surface area contributed by atoms with Gasteiger partial charge in [-0.25, -0.2) is 4.98 Å². The summed E-state index contributed by atoms with van der Waals surface area (Å²) in [5.74, 6) is 1.04. The van der Waals surface area contributed by atoms with Crippen molar-refractivity contribution in [1.82, 2.24) is 14.9 Å². The monoisotopic (exact) mass is 355 g/mol. The predicted molar refractivity (Wildman–Crippen MR) is 96.6 cm³/mol. The SMILES string of the molecule is Cc1cccc(Cl)c1CN1CCc2c(nc(-c3ccco3)[nH]c2=O)C1. The average Bonchev–Trinajstić information content (AvgIpc) is 3.12. The van der Waals surface area contributed by atoms with Gasteiger partial charge in [0, 0.05) is 30.2 Å². The molecular weight excluding hydrogens is 338 g/mol. The summed E-state index contributed by atoms with van der Waals surface area (Å²) < 4.78 is 5.36. The van der Waals surface area contributed by atoms with Gasteiger partial charge >= 0.3 is 0 Å². The molecule has 0 unspecified atom stereocenters. The van der Waals surface area contributed by atoms with Gasteiger partial charge in [-0.3, -0.25) is 9.69 Å². The maximum Gasteiger partial charge on any atom is 0.254 e. The van der Waals surface area contributed by atoms with Crippen LogP contribution in [0.2, 0.25) is 5.02 Å². The van der Waals surface area contributed by atoms with E-state index in [0.717, 1.165) is 34.9 Å². The van der Waals surface area contributed by atoms with E-state index >= 15 is 0 Å². The van der Waals surface area contributed by atoms with Crippen molar-refractivity contribution in [3.63, 3.8) is 0 Å². The Morgan fingerprint density at radius 1 is 1.32 bits per heavy atom. The van der Waals surface area contributed by atoms with Gasteiger partial charge in [0.25, 0.3) is 5.56 Å². The van der Waals surface area contributed by atoms with Crippen LogP contribution in [0.25, 0.3) is 11.6 Å². The van der Waals surface area contributed by atoms with Crippen LogP contribution in [0.5, 0.6) is 0 Å². The minimum absolute atomic E-state index is 0.0787. The van der Waals surface area contributed by atoms with Crippen molar-refractivity contribution in [2.24, 2.45) is 0 Å². The van der Waals surface area contributed by atoms with Crippen molar-refractivity contribution in [2.45, 2.75) is 26.4 Å². The fraction of sp³-hybridized carbons (Fsp3) is 0.263. The Morgan fingerprint density at radius 2 is 2.20 bits per heavy atom. The van der Waals surface area contributed by atoms with E-state index < -0.39 is 0 Å². The molecule has 3 aromatic rings. The number of furan rings is 1. The zero-order valence-electron chi connectivity index (χ0n) is 13.9. The van der Waals surface area contributed by atoms with Crippen molar-refractivity contribution in [2.75, 3.05) is 6.54 Å². The number of benzene rings is 1. The number of hydrogen-bond donors (Lipinski definition) is 1. The third-order valence-electron chi connectivity index (χ3n) is 4.64. The molecule has 0 atom stereocenters. The fourth-order valence-corrected chi connectivity index (χ4v) is 3.53. The van der Waals surface area contributed by atoms with Crippen molar-refractivity contribution < 1.29 is 4.42 Å². The summed E-state index contributed by atoms with van der Waals surface area (Å²) in [6.45, 7) is 4.24. The second kappa shape index (κ2) is 6.50. The highest BCUT2D eigenvalue weighted by Crippen LogP contribution is 2.24. The molecule has 1 N–H and O–H groups in total. The number of H-pyrrole nitrogens is 1. The average molecular weight is 356 g/mol. The van der Waals surface area contributed by atoms with E-state index in [-0.39, 0.29) is 5.56 Å². The molecule has 5 nitrogen and oxygen atoms in total. The third-order valence-corrected chi connectivity index (χ3v) is 5.00. The molecule has 128 valence electrons. The lowest BCUT2D eigenvalue weighted by Crippen LogP contribution is -2.35. The number of fused-ring (bicyclic) bond motifs is 1. The van der Waals surface area contributed by atoms with Gasteiger partial charge in [0.15, 0.2) is 11.6 Å². The first-order chi connectivity index (χ1) is 12.1. The number of nitrogens with one attached hydrogen (secondary N) is 1. The standard InChI is InChI=1S/C19H18ClN3O2/c1-12-4-2-5-15(20)14(12)10-23-8-7-13-16(11-23)21-18(22-19(13)24)17-6-3-9-25-17/h2-6,9H,7-8,10-11H2,1H3,(H,21,22,24). The van der Waals surface area contributed by atoms with Crippen LogP contribution in [0.4, 0.5) is 0 Å². The Balaban J connectivity index is 1.63. The maximum absolute atomic E-state index is 12.4. The Hall–Kier alpha value is -2.37. The molecule has 0 bridgehead atoms. The van der Waals surface area contributed by atoms with Crippen LogP contribution in [-0.4, -0.2) is 21.4 Å². The molecule has 4 rings (SSSR count). The van der Waals surface area contributed by atoms with Gasteiger partial charge in [0.05, 0.1) is 12.0 Å². The summed E-state index contributed by atoms with van der Waals surface area (Å²) in [4.78, 5) is 22.1. The van der Waals surface area contributed by atoms with Gasteiger partial charge in [0.1, 0.15) is 0 Å².